The molecule has 1 unspecified atom stereocenters. The van der Waals surface area contributed by atoms with Crippen molar-refractivity contribution in [2.45, 2.75) is 90.8 Å². The van der Waals surface area contributed by atoms with Gasteiger partial charge in [0.25, 0.3) is 0 Å². The molecule has 0 aliphatic carbocycles. The Bertz CT molecular complexity index is 447. The molecule has 0 aromatic carbocycles. The zero-order chi connectivity index (χ0) is 20.0. The second-order valence-corrected chi connectivity index (χ2v) is 9.75. The van der Waals surface area contributed by atoms with Gasteiger partial charge in [0.1, 0.15) is 6.04 Å². The first-order valence-corrected chi connectivity index (χ1v) is 9.80. The van der Waals surface area contributed by atoms with Gasteiger partial charge in [-0.1, -0.05) is 27.2 Å². The van der Waals surface area contributed by atoms with E-state index >= 15 is 0 Å². The molecule has 8 heteroatoms. The fraction of sp³-hybridized carbons (Fsp3) is 0.941. The highest BCUT2D eigenvalue weighted by Crippen LogP contribution is 2.31. The SMILES string of the molecule is CCC(C)OC(=O)[C@@H](CCC(C)C)[C@H](N[S@@](=O)C(C)(C)C)C(F)(F)F. The van der Waals surface area contributed by atoms with Gasteiger partial charge in [-0.15, -0.1) is 0 Å². The topological polar surface area (TPSA) is 55.4 Å². The van der Waals surface area contributed by atoms with Gasteiger partial charge in [0.05, 0.1) is 27.8 Å². The average Bonchev–Trinajstić information content (AvgIpc) is 2.43. The maximum atomic E-state index is 13.6. The third kappa shape index (κ3) is 9.03. The van der Waals surface area contributed by atoms with Gasteiger partial charge in [-0.2, -0.15) is 13.2 Å². The highest BCUT2D eigenvalue weighted by molar-refractivity contribution is 7.84. The summed E-state index contributed by atoms with van der Waals surface area (Å²) in [6.07, 6.45) is -4.20. The van der Waals surface area contributed by atoms with Crippen molar-refractivity contribution in [3.63, 3.8) is 0 Å². The molecule has 0 heterocycles. The van der Waals surface area contributed by atoms with E-state index in [1.165, 1.54) is 0 Å². The molecule has 1 N–H and O–H groups in total. The van der Waals surface area contributed by atoms with E-state index in [0.717, 1.165) is 0 Å². The second-order valence-electron chi connectivity index (χ2n) is 7.75. The number of esters is 1. The van der Waals surface area contributed by atoms with Crippen LogP contribution in [0.15, 0.2) is 0 Å². The summed E-state index contributed by atoms with van der Waals surface area (Å²) in [6.45, 7) is 11.9. The van der Waals surface area contributed by atoms with Gasteiger partial charge >= 0.3 is 12.1 Å². The molecule has 0 aliphatic rings. The zero-order valence-corrected chi connectivity index (χ0v) is 17.0. The van der Waals surface area contributed by atoms with Crippen molar-refractivity contribution >= 4 is 17.0 Å². The van der Waals surface area contributed by atoms with Gasteiger partial charge in [0, 0.05) is 0 Å². The van der Waals surface area contributed by atoms with Gasteiger partial charge in [-0.25, -0.2) is 8.93 Å². The number of halogens is 3. The minimum Gasteiger partial charge on any atom is -0.462 e. The molecular formula is C17H32F3NO3S. The molecule has 0 rings (SSSR count). The number of nitrogens with one attached hydrogen (secondary N) is 1. The number of hydrogen-bond acceptors (Lipinski definition) is 3. The van der Waals surface area contributed by atoms with Crippen LogP contribution in [0.25, 0.3) is 0 Å². The van der Waals surface area contributed by atoms with Crippen LogP contribution in [-0.2, 0) is 20.5 Å². The molecule has 0 saturated carbocycles. The third-order valence-corrected chi connectivity index (χ3v) is 5.38. The molecule has 0 amide bonds. The lowest BCUT2D eigenvalue weighted by atomic mass is 9.91. The Kier molecular flexibility index (Phi) is 9.65. The van der Waals surface area contributed by atoms with Gasteiger partial charge in [0.2, 0.25) is 0 Å². The quantitative estimate of drug-likeness (QED) is 0.598. The number of rotatable bonds is 9. The van der Waals surface area contributed by atoms with Crippen molar-refractivity contribution in [1.82, 2.24) is 4.72 Å². The standard InChI is InChI=1S/C17H32F3NO3S/c1-8-12(4)24-15(22)13(10-9-11(2)3)14(17(18,19)20)21-25(23)16(5,6)7/h11-14,21H,8-10H2,1-7H3/t12?,13-,14-,25-/m0/s1. The molecule has 4 nitrogen and oxygen atoms in total. The molecule has 0 radical (unpaired) electrons. The van der Waals surface area contributed by atoms with Crippen LogP contribution < -0.4 is 4.72 Å². The minimum atomic E-state index is -4.71. The van der Waals surface area contributed by atoms with E-state index < -0.39 is 45.9 Å². The summed E-state index contributed by atoms with van der Waals surface area (Å²) >= 11 is 0. The van der Waals surface area contributed by atoms with Crippen molar-refractivity contribution < 1.29 is 26.9 Å². The smallest absolute Gasteiger partial charge is 0.405 e. The number of ether oxygens (including phenoxy) is 1. The van der Waals surface area contributed by atoms with Crippen LogP contribution in [0.4, 0.5) is 13.2 Å². The lowest BCUT2D eigenvalue weighted by Gasteiger charge is -2.31. The van der Waals surface area contributed by atoms with Gasteiger partial charge in [-0.05, 0) is 46.5 Å². The normalized spacial score (nSPS) is 17.9. The Morgan fingerprint density at radius 1 is 1.12 bits per heavy atom. The Balaban J connectivity index is 5.58. The molecule has 150 valence electrons. The van der Waals surface area contributed by atoms with E-state index in [2.05, 4.69) is 4.72 Å². The number of alkyl halides is 3. The van der Waals surface area contributed by atoms with Gasteiger partial charge in [0.15, 0.2) is 0 Å². The summed E-state index contributed by atoms with van der Waals surface area (Å²) in [4.78, 5) is 12.4. The predicted molar refractivity (Wildman–Crippen MR) is 94.3 cm³/mol. The van der Waals surface area contributed by atoms with Crippen molar-refractivity contribution in [2.24, 2.45) is 11.8 Å². The lowest BCUT2D eigenvalue weighted by Crippen LogP contribution is -2.54. The summed E-state index contributed by atoms with van der Waals surface area (Å²) in [5.41, 5.74) is 0. The molecule has 0 aliphatic heterocycles. The van der Waals surface area contributed by atoms with E-state index in [1.54, 1.807) is 34.6 Å². The Hall–Kier alpha value is -0.630. The highest BCUT2D eigenvalue weighted by Gasteiger charge is 2.49. The molecule has 0 saturated heterocycles. The molecule has 0 spiro atoms. The summed E-state index contributed by atoms with van der Waals surface area (Å²) in [7, 11) is -1.96. The number of carbonyl (C=O) groups is 1. The van der Waals surface area contributed by atoms with Crippen molar-refractivity contribution in [1.29, 1.82) is 0 Å². The zero-order valence-electron chi connectivity index (χ0n) is 16.2. The predicted octanol–water partition coefficient (Wildman–Crippen LogP) is 4.36. The fourth-order valence-corrected chi connectivity index (χ4v) is 2.85. The molecule has 0 aromatic rings. The molecule has 0 aromatic heterocycles. The number of carbonyl (C=O) groups excluding carboxylic acids is 1. The van der Waals surface area contributed by atoms with Gasteiger partial charge in [-0.3, -0.25) is 4.79 Å². The van der Waals surface area contributed by atoms with Crippen LogP contribution in [-0.4, -0.2) is 33.2 Å². The minimum absolute atomic E-state index is 0.0193. The van der Waals surface area contributed by atoms with E-state index in [9.17, 15) is 22.2 Å². The number of hydrogen-bond donors (Lipinski definition) is 1. The van der Waals surface area contributed by atoms with Gasteiger partial charge < -0.3 is 4.74 Å². The second kappa shape index (κ2) is 9.90. The first kappa shape index (κ1) is 24.4. The molecule has 4 atom stereocenters. The first-order chi connectivity index (χ1) is 11.2. The van der Waals surface area contributed by atoms with Crippen LogP contribution in [0.2, 0.25) is 0 Å². The fourth-order valence-electron chi connectivity index (χ4n) is 1.97. The maximum absolute atomic E-state index is 13.6. The summed E-state index contributed by atoms with van der Waals surface area (Å²) in [5.74, 6) is -2.18. The summed E-state index contributed by atoms with van der Waals surface area (Å²) < 4.78 is 59.5. The van der Waals surface area contributed by atoms with E-state index in [-0.39, 0.29) is 12.3 Å². The largest absolute Gasteiger partial charge is 0.462 e. The lowest BCUT2D eigenvalue weighted by molar-refractivity contribution is -0.182. The van der Waals surface area contributed by atoms with Crippen molar-refractivity contribution in [3.8, 4) is 0 Å². The monoisotopic (exact) mass is 387 g/mol. The van der Waals surface area contributed by atoms with Crippen LogP contribution in [0.3, 0.4) is 0 Å². The van der Waals surface area contributed by atoms with Crippen LogP contribution in [0.1, 0.15) is 67.7 Å². The van der Waals surface area contributed by atoms with E-state index in [4.69, 9.17) is 4.74 Å². The average molecular weight is 388 g/mol. The van der Waals surface area contributed by atoms with E-state index in [0.29, 0.717) is 12.8 Å². The summed E-state index contributed by atoms with van der Waals surface area (Å²) in [6, 6.07) is -2.21. The van der Waals surface area contributed by atoms with Crippen molar-refractivity contribution in [3.05, 3.63) is 0 Å². The van der Waals surface area contributed by atoms with Crippen LogP contribution in [0, 0.1) is 11.8 Å². The molecule has 0 bridgehead atoms. The Morgan fingerprint density at radius 3 is 2.00 bits per heavy atom. The van der Waals surface area contributed by atoms with E-state index in [1.807, 2.05) is 13.8 Å². The Morgan fingerprint density at radius 2 is 1.64 bits per heavy atom. The molecule has 25 heavy (non-hydrogen) atoms. The highest BCUT2D eigenvalue weighted by atomic mass is 32.2. The molecular weight excluding hydrogens is 355 g/mol. The Labute approximate surface area is 151 Å². The summed E-state index contributed by atoms with van der Waals surface area (Å²) in [5, 5.41) is 0. The first-order valence-electron chi connectivity index (χ1n) is 8.65. The maximum Gasteiger partial charge on any atom is 0.405 e. The van der Waals surface area contributed by atoms with Crippen LogP contribution in [0.5, 0.6) is 0 Å². The molecule has 0 fully saturated rings. The third-order valence-electron chi connectivity index (χ3n) is 3.80. The van der Waals surface area contributed by atoms with Crippen LogP contribution >= 0.6 is 0 Å². The van der Waals surface area contributed by atoms with Crippen molar-refractivity contribution in [2.75, 3.05) is 0 Å².